The third-order valence-electron chi connectivity index (χ3n) is 2.73. The van der Waals surface area contributed by atoms with Gasteiger partial charge in [0.2, 0.25) is 0 Å². The molecule has 2 aromatic rings. The van der Waals surface area contributed by atoms with E-state index in [0.717, 1.165) is 23.6 Å². The number of hydrogen-bond donors (Lipinski definition) is 2. The zero-order chi connectivity index (χ0) is 12.4. The maximum absolute atomic E-state index is 5.64. The minimum absolute atomic E-state index is 0.127. The largest absolute Gasteiger partial charge is 0.275 e. The average Bonchev–Trinajstić information content (AvgIpc) is 2.87. The highest BCUT2D eigenvalue weighted by molar-refractivity contribution is 5.22. The van der Waals surface area contributed by atoms with Gasteiger partial charge >= 0.3 is 0 Å². The molecule has 0 bridgehead atoms. The van der Waals surface area contributed by atoms with Crippen LogP contribution in [0.15, 0.2) is 18.3 Å². The van der Waals surface area contributed by atoms with E-state index in [9.17, 15) is 0 Å². The highest BCUT2D eigenvalue weighted by Crippen LogP contribution is 2.20. The first-order chi connectivity index (χ1) is 8.15. The Hall–Kier alpha value is -1.66. The second kappa shape index (κ2) is 4.68. The van der Waals surface area contributed by atoms with E-state index in [0.29, 0.717) is 0 Å². The van der Waals surface area contributed by atoms with Crippen LogP contribution in [0.3, 0.4) is 0 Å². The molecule has 0 aliphatic heterocycles. The molecule has 0 saturated carbocycles. The number of hydrazine groups is 1. The molecule has 0 aromatic carbocycles. The van der Waals surface area contributed by atoms with Crippen molar-refractivity contribution in [1.29, 1.82) is 0 Å². The van der Waals surface area contributed by atoms with E-state index in [1.807, 2.05) is 37.0 Å². The van der Waals surface area contributed by atoms with E-state index in [-0.39, 0.29) is 6.04 Å². The molecule has 92 valence electrons. The number of hydrogen-bond acceptors (Lipinski definition) is 4. The second-order valence-corrected chi connectivity index (χ2v) is 4.04. The maximum Gasteiger partial charge on any atom is 0.107 e. The highest BCUT2D eigenvalue weighted by atomic mass is 15.3. The van der Waals surface area contributed by atoms with E-state index in [4.69, 9.17) is 5.84 Å². The molecule has 6 nitrogen and oxygen atoms in total. The van der Waals surface area contributed by atoms with Crippen molar-refractivity contribution in [3.63, 3.8) is 0 Å². The number of aromatic nitrogens is 4. The fraction of sp³-hybridized carbons (Fsp3) is 0.455. The van der Waals surface area contributed by atoms with Crippen LogP contribution in [0, 0.1) is 6.92 Å². The third-order valence-corrected chi connectivity index (χ3v) is 2.73. The Morgan fingerprint density at radius 2 is 2.24 bits per heavy atom. The Balaban J connectivity index is 2.41. The lowest BCUT2D eigenvalue weighted by Gasteiger charge is -2.14. The van der Waals surface area contributed by atoms with Gasteiger partial charge in [-0.15, -0.1) is 0 Å². The van der Waals surface area contributed by atoms with Crippen LogP contribution in [0.4, 0.5) is 0 Å². The normalized spacial score (nSPS) is 12.9. The molecule has 0 aliphatic rings. The smallest absolute Gasteiger partial charge is 0.107 e. The summed E-state index contributed by atoms with van der Waals surface area (Å²) in [5.74, 6) is 5.64. The second-order valence-electron chi connectivity index (χ2n) is 4.04. The predicted molar refractivity (Wildman–Crippen MR) is 65.0 cm³/mol. The summed E-state index contributed by atoms with van der Waals surface area (Å²) in [7, 11) is 1.89. The van der Waals surface area contributed by atoms with Gasteiger partial charge in [-0.3, -0.25) is 15.2 Å². The monoisotopic (exact) mass is 234 g/mol. The molecule has 6 heteroatoms. The van der Waals surface area contributed by atoms with Crippen molar-refractivity contribution in [1.82, 2.24) is 25.0 Å². The molecule has 2 heterocycles. The van der Waals surface area contributed by atoms with Crippen LogP contribution in [-0.4, -0.2) is 19.6 Å². The Bertz CT molecular complexity index is 498. The van der Waals surface area contributed by atoms with E-state index in [2.05, 4.69) is 22.5 Å². The summed E-state index contributed by atoms with van der Waals surface area (Å²) in [6, 6.07) is 3.85. The Kier molecular flexibility index (Phi) is 3.26. The minimum Gasteiger partial charge on any atom is -0.275 e. The molecule has 0 aliphatic carbocycles. The van der Waals surface area contributed by atoms with Gasteiger partial charge in [0, 0.05) is 19.8 Å². The fourth-order valence-corrected chi connectivity index (χ4v) is 1.96. The van der Waals surface area contributed by atoms with Crippen LogP contribution >= 0.6 is 0 Å². The van der Waals surface area contributed by atoms with Crippen LogP contribution in [0.5, 0.6) is 0 Å². The zero-order valence-electron chi connectivity index (χ0n) is 10.4. The fourth-order valence-electron chi connectivity index (χ4n) is 1.96. The van der Waals surface area contributed by atoms with Gasteiger partial charge in [0.1, 0.15) is 6.04 Å². The lowest BCUT2D eigenvalue weighted by molar-refractivity contribution is 0.529. The van der Waals surface area contributed by atoms with Crippen LogP contribution < -0.4 is 11.3 Å². The van der Waals surface area contributed by atoms with Gasteiger partial charge in [0.25, 0.3) is 0 Å². The van der Waals surface area contributed by atoms with Crippen molar-refractivity contribution in [2.24, 2.45) is 12.9 Å². The lowest BCUT2D eigenvalue weighted by atomic mass is 10.1. The lowest BCUT2D eigenvalue weighted by Crippen LogP contribution is -2.31. The standard InChI is InChI=1S/C11H18N6/c1-4-17-10(7-8(2)14-17)11(13-12)9-5-6-16(3)15-9/h5-7,11,13H,4,12H2,1-3H3. The number of nitrogens with two attached hydrogens (primary N) is 1. The SMILES string of the molecule is CCn1nc(C)cc1C(NN)c1ccn(C)n1. The van der Waals surface area contributed by atoms with Crippen molar-refractivity contribution < 1.29 is 0 Å². The summed E-state index contributed by atoms with van der Waals surface area (Å²) in [5.41, 5.74) is 5.71. The molecule has 0 spiro atoms. The maximum atomic E-state index is 5.64. The molecule has 0 saturated heterocycles. The van der Waals surface area contributed by atoms with Crippen LogP contribution in [0.25, 0.3) is 0 Å². The van der Waals surface area contributed by atoms with Gasteiger partial charge in [-0.2, -0.15) is 10.2 Å². The van der Waals surface area contributed by atoms with Crippen LogP contribution in [-0.2, 0) is 13.6 Å². The van der Waals surface area contributed by atoms with Gasteiger partial charge in [-0.1, -0.05) is 0 Å². The van der Waals surface area contributed by atoms with Crippen LogP contribution in [0.1, 0.15) is 30.0 Å². The Labute approximate surface area is 100 Å². The molecule has 3 N–H and O–H groups in total. The van der Waals surface area contributed by atoms with Gasteiger partial charge in [0.05, 0.1) is 17.1 Å². The first-order valence-electron chi connectivity index (χ1n) is 5.65. The van der Waals surface area contributed by atoms with Crippen molar-refractivity contribution in [2.75, 3.05) is 0 Å². The molecule has 0 fully saturated rings. The van der Waals surface area contributed by atoms with Gasteiger partial charge in [-0.05, 0) is 26.0 Å². The zero-order valence-corrected chi connectivity index (χ0v) is 10.4. The Morgan fingerprint density at radius 3 is 2.76 bits per heavy atom. The van der Waals surface area contributed by atoms with Crippen molar-refractivity contribution in [2.45, 2.75) is 26.4 Å². The summed E-state index contributed by atoms with van der Waals surface area (Å²) in [6.07, 6.45) is 1.90. The molecule has 2 rings (SSSR count). The van der Waals surface area contributed by atoms with Crippen molar-refractivity contribution in [3.05, 3.63) is 35.4 Å². The third kappa shape index (κ3) is 2.22. The molecule has 2 aromatic heterocycles. The first-order valence-corrected chi connectivity index (χ1v) is 5.65. The molecule has 1 atom stereocenters. The molecular weight excluding hydrogens is 216 g/mol. The number of nitrogens with zero attached hydrogens (tertiary/aromatic N) is 4. The summed E-state index contributed by atoms with van der Waals surface area (Å²) in [6.45, 7) is 4.85. The van der Waals surface area contributed by atoms with E-state index < -0.39 is 0 Å². The first kappa shape index (κ1) is 11.8. The highest BCUT2D eigenvalue weighted by Gasteiger charge is 2.19. The summed E-state index contributed by atoms with van der Waals surface area (Å²) < 4.78 is 3.70. The quantitative estimate of drug-likeness (QED) is 0.596. The van der Waals surface area contributed by atoms with E-state index in [1.165, 1.54) is 0 Å². The number of nitrogens with one attached hydrogen (secondary N) is 1. The molecule has 0 amide bonds. The minimum atomic E-state index is -0.127. The van der Waals surface area contributed by atoms with Gasteiger partial charge in [0.15, 0.2) is 0 Å². The molecule has 1 unspecified atom stereocenters. The molecule has 17 heavy (non-hydrogen) atoms. The van der Waals surface area contributed by atoms with E-state index in [1.54, 1.807) is 4.68 Å². The predicted octanol–water partition coefficient (Wildman–Crippen LogP) is 0.498. The molecular formula is C11H18N6. The van der Waals surface area contributed by atoms with Gasteiger partial charge < -0.3 is 0 Å². The Morgan fingerprint density at radius 1 is 1.47 bits per heavy atom. The average molecular weight is 234 g/mol. The number of rotatable bonds is 4. The van der Waals surface area contributed by atoms with Crippen molar-refractivity contribution >= 4 is 0 Å². The van der Waals surface area contributed by atoms with Crippen molar-refractivity contribution in [3.8, 4) is 0 Å². The summed E-state index contributed by atoms with van der Waals surface area (Å²) in [4.78, 5) is 0. The van der Waals surface area contributed by atoms with Crippen LogP contribution in [0.2, 0.25) is 0 Å². The topological polar surface area (TPSA) is 73.7 Å². The number of aryl methyl sites for hydroxylation is 3. The summed E-state index contributed by atoms with van der Waals surface area (Å²) >= 11 is 0. The van der Waals surface area contributed by atoms with E-state index >= 15 is 0 Å². The molecule has 0 radical (unpaired) electrons. The summed E-state index contributed by atoms with van der Waals surface area (Å²) in [5, 5.41) is 8.79. The van der Waals surface area contributed by atoms with Gasteiger partial charge in [-0.25, -0.2) is 5.43 Å².